The molecule has 0 bridgehead atoms. The van der Waals surface area contributed by atoms with Crippen LogP contribution in [0.2, 0.25) is 0 Å². The quantitative estimate of drug-likeness (QED) is 0.859. The first-order chi connectivity index (χ1) is 9.39. The molecular formula is C14H14F3N3. The molecule has 0 spiro atoms. The van der Waals surface area contributed by atoms with E-state index in [2.05, 4.69) is 10.2 Å². The van der Waals surface area contributed by atoms with Crippen LogP contribution in [0, 0.1) is 0 Å². The lowest BCUT2D eigenvalue weighted by atomic mass is 10.1. The summed E-state index contributed by atoms with van der Waals surface area (Å²) in [5.74, 6) is 0.398. The maximum Gasteiger partial charge on any atom is 0.435 e. The summed E-state index contributed by atoms with van der Waals surface area (Å²) >= 11 is 0. The summed E-state index contributed by atoms with van der Waals surface area (Å²) in [7, 11) is 1.77. The van der Waals surface area contributed by atoms with E-state index in [0.29, 0.717) is 5.82 Å². The fourth-order valence-electron chi connectivity index (χ4n) is 1.82. The zero-order valence-corrected chi connectivity index (χ0v) is 11.1. The van der Waals surface area contributed by atoms with Gasteiger partial charge in [0, 0.05) is 7.05 Å². The number of alkyl halides is 3. The Morgan fingerprint density at radius 3 is 2.15 bits per heavy atom. The predicted molar refractivity (Wildman–Crippen MR) is 70.3 cm³/mol. The molecule has 0 aliphatic heterocycles. The molecule has 0 radical (unpaired) electrons. The molecule has 1 unspecified atom stereocenters. The van der Waals surface area contributed by atoms with Gasteiger partial charge in [0.25, 0.3) is 0 Å². The standard InChI is InChI=1S/C14H14F3N3/c1-10(11-6-4-3-5-7-11)20(2)13-9-8-12(18-19-13)14(15,16)17/h3-10H,1-2H3. The fourth-order valence-corrected chi connectivity index (χ4v) is 1.82. The van der Waals surface area contributed by atoms with Crippen LogP contribution in [0.25, 0.3) is 0 Å². The number of hydrogen-bond acceptors (Lipinski definition) is 3. The zero-order valence-electron chi connectivity index (χ0n) is 11.1. The predicted octanol–water partition coefficient (Wildman–Crippen LogP) is 3.69. The Hall–Kier alpha value is -2.11. The van der Waals surface area contributed by atoms with Crippen LogP contribution in [0.1, 0.15) is 24.2 Å². The molecule has 20 heavy (non-hydrogen) atoms. The van der Waals surface area contributed by atoms with Crippen molar-refractivity contribution in [1.29, 1.82) is 0 Å². The van der Waals surface area contributed by atoms with Gasteiger partial charge in [-0.15, -0.1) is 10.2 Å². The summed E-state index contributed by atoms with van der Waals surface area (Å²) in [5, 5.41) is 6.88. The number of rotatable bonds is 3. The average Bonchev–Trinajstić information content (AvgIpc) is 2.46. The van der Waals surface area contributed by atoms with Crippen molar-refractivity contribution in [2.24, 2.45) is 0 Å². The van der Waals surface area contributed by atoms with Gasteiger partial charge in [-0.25, -0.2) is 0 Å². The Morgan fingerprint density at radius 1 is 1.00 bits per heavy atom. The van der Waals surface area contributed by atoms with E-state index in [9.17, 15) is 13.2 Å². The Bertz CT molecular complexity index is 552. The van der Waals surface area contributed by atoms with Crippen molar-refractivity contribution < 1.29 is 13.2 Å². The van der Waals surface area contributed by atoms with Crippen LogP contribution in [0.5, 0.6) is 0 Å². The molecule has 2 aromatic rings. The van der Waals surface area contributed by atoms with Crippen molar-refractivity contribution in [3.05, 3.63) is 53.7 Å². The van der Waals surface area contributed by atoms with Crippen LogP contribution in [-0.4, -0.2) is 17.2 Å². The summed E-state index contributed by atoms with van der Waals surface area (Å²) in [6.07, 6.45) is -4.46. The lowest BCUT2D eigenvalue weighted by molar-refractivity contribution is -0.141. The zero-order chi connectivity index (χ0) is 14.8. The monoisotopic (exact) mass is 281 g/mol. The van der Waals surface area contributed by atoms with Crippen molar-refractivity contribution in [1.82, 2.24) is 10.2 Å². The van der Waals surface area contributed by atoms with E-state index in [-0.39, 0.29) is 6.04 Å². The summed E-state index contributed by atoms with van der Waals surface area (Å²) in [5.41, 5.74) is 0.0683. The van der Waals surface area contributed by atoms with Crippen LogP contribution in [0.15, 0.2) is 42.5 Å². The third kappa shape index (κ3) is 3.07. The van der Waals surface area contributed by atoms with Gasteiger partial charge in [0.2, 0.25) is 0 Å². The smallest absolute Gasteiger partial charge is 0.351 e. The first kappa shape index (κ1) is 14.3. The Morgan fingerprint density at radius 2 is 1.65 bits per heavy atom. The summed E-state index contributed by atoms with van der Waals surface area (Å²) in [6.45, 7) is 1.95. The normalized spacial score (nSPS) is 13.1. The highest BCUT2D eigenvalue weighted by molar-refractivity contribution is 5.40. The van der Waals surface area contributed by atoms with Crippen LogP contribution < -0.4 is 4.90 Å². The third-order valence-electron chi connectivity index (χ3n) is 3.17. The summed E-state index contributed by atoms with van der Waals surface area (Å²) < 4.78 is 37.3. The van der Waals surface area contributed by atoms with Crippen molar-refractivity contribution in [2.45, 2.75) is 19.1 Å². The minimum absolute atomic E-state index is 0.0118. The number of benzene rings is 1. The third-order valence-corrected chi connectivity index (χ3v) is 3.17. The first-order valence-corrected chi connectivity index (χ1v) is 6.08. The Balaban J connectivity index is 2.19. The fraction of sp³-hybridized carbons (Fsp3) is 0.286. The average molecular weight is 281 g/mol. The molecule has 106 valence electrons. The number of anilines is 1. The lowest BCUT2D eigenvalue weighted by Gasteiger charge is -2.26. The van der Waals surface area contributed by atoms with E-state index in [1.165, 1.54) is 6.07 Å². The van der Waals surface area contributed by atoms with Crippen LogP contribution in [0.3, 0.4) is 0 Å². The van der Waals surface area contributed by atoms with E-state index in [0.717, 1.165) is 11.6 Å². The molecule has 6 heteroatoms. The molecule has 0 N–H and O–H groups in total. The molecule has 1 aromatic heterocycles. The number of nitrogens with zero attached hydrogens (tertiary/aromatic N) is 3. The van der Waals surface area contributed by atoms with Crippen LogP contribution in [0.4, 0.5) is 19.0 Å². The Kier molecular flexibility index (Phi) is 3.92. The van der Waals surface area contributed by atoms with E-state index in [1.54, 1.807) is 11.9 Å². The second-order valence-electron chi connectivity index (χ2n) is 4.47. The van der Waals surface area contributed by atoms with Crippen LogP contribution >= 0.6 is 0 Å². The molecule has 0 aliphatic rings. The van der Waals surface area contributed by atoms with Crippen molar-refractivity contribution in [3.8, 4) is 0 Å². The molecule has 1 heterocycles. The number of hydrogen-bond donors (Lipinski definition) is 0. The van der Waals surface area contributed by atoms with E-state index < -0.39 is 11.9 Å². The van der Waals surface area contributed by atoms with Gasteiger partial charge < -0.3 is 4.90 Å². The van der Waals surface area contributed by atoms with Gasteiger partial charge in [0.05, 0.1) is 6.04 Å². The molecule has 1 aromatic carbocycles. The van der Waals surface area contributed by atoms with Gasteiger partial charge in [-0.3, -0.25) is 0 Å². The Labute approximate surface area is 115 Å². The molecule has 0 saturated carbocycles. The largest absolute Gasteiger partial charge is 0.435 e. The minimum atomic E-state index is -4.46. The molecule has 3 nitrogen and oxygen atoms in total. The molecule has 0 amide bonds. The maximum atomic E-state index is 12.4. The van der Waals surface area contributed by atoms with E-state index in [1.807, 2.05) is 37.3 Å². The highest BCUT2D eigenvalue weighted by Gasteiger charge is 2.33. The lowest BCUT2D eigenvalue weighted by Crippen LogP contribution is -2.23. The van der Waals surface area contributed by atoms with Crippen molar-refractivity contribution >= 4 is 5.82 Å². The van der Waals surface area contributed by atoms with Gasteiger partial charge in [0.1, 0.15) is 0 Å². The highest BCUT2D eigenvalue weighted by Crippen LogP contribution is 2.28. The molecule has 2 rings (SSSR count). The summed E-state index contributed by atoms with van der Waals surface area (Å²) in [6, 6.07) is 11.9. The number of aromatic nitrogens is 2. The molecular weight excluding hydrogens is 267 g/mol. The molecule has 0 saturated heterocycles. The molecule has 1 atom stereocenters. The minimum Gasteiger partial charge on any atom is -0.351 e. The van der Waals surface area contributed by atoms with Crippen molar-refractivity contribution in [3.63, 3.8) is 0 Å². The molecule has 0 fully saturated rings. The van der Waals surface area contributed by atoms with Crippen LogP contribution in [-0.2, 0) is 6.18 Å². The topological polar surface area (TPSA) is 29.0 Å². The van der Waals surface area contributed by atoms with E-state index >= 15 is 0 Å². The molecule has 0 aliphatic carbocycles. The van der Waals surface area contributed by atoms with Gasteiger partial charge in [-0.1, -0.05) is 30.3 Å². The van der Waals surface area contributed by atoms with Crippen molar-refractivity contribution in [2.75, 3.05) is 11.9 Å². The van der Waals surface area contributed by atoms with Gasteiger partial charge in [-0.05, 0) is 24.6 Å². The number of halogens is 3. The second-order valence-corrected chi connectivity index (χ2v) is 4.47. The van der Waals surface area contributed by atoms with Gasteiger partial charge >= 0.3 is 6.18 Å². The first-order valence-electron chi connectivity index (χ1n) is 6.08. The highest BCUT2D eigenvalue weighted by atomic mass is 19.4. The van der Waals surface area contributed by atoms with E-state index in [4.69, 9.17) is 0 Å². The summed E-state index contributed by atoms with van der Waals surface area (Å²) in [4.78, 5) is 1.78. The van der Waals surface area contributed by atoms with Gasteiger partial charge in [-0.2, -0.15) is 13.2 Å². The van der Waals surface area contributed by atoms with Gasteiger partial charge in [0.15, 0.2) is 11.5 Å². The maximum absolute atomic E-state index is 12.4. The second kappa shape index (κ2) is 5.48. The SMILES string of the molecule is CC(c1ccccc1)N(C)c1ccc(C(F)(F)F)nn1.